The summed E-state index contributed by atoms with van der Waals surface area (Å²) in [6.07, 6.45) is 0. The monoisotopic (exact) mass is 306 g/mol. The SMILES string of the molecule is Oc1ccc(-c2c(Cl)ccc(Cl)c2Cl)c(Cl)c1. The molecular formula is C12H6Cl4O. The van der Waals surface area contributed by atoms with Gasteiger partial charge in [-0.15, -0.1) is 0 Å². The summed E-state index contributed by atoms with van der Waals surface area (Å²) in [6, 6.07) is 7.83. The zero-order valence-corrected chi connectivity index (χ0v) is 11.4. The summed E-state index contributed by atoms with van der Waals surface area (Å²) in [7, 11) is 0. The van der Waals surface area contributed by atoms with Crippen molar-refractivity contribution in [3.05, 3.63) is 50.4 Å². The lowest BCUT2D eigenvalue weighted by Crippen LogP contribution is -1.84. The molecule has 0 bridgehead atoms. The average molecular weight is 308 g/mol. The van der Waals surface area contributed by atoms with E-state index in [0.717, 1.165) is 0 Å². The van der Waals surface area contributed by atoms with Crippen LogP contribution >= 0.6 is 46.4 Å². The second kappa shape index (κ2) is 4.95. The van der Waals surface area contributed by atoms with E-state index in [4.69, 9.17) is 46.4 Å². The number of phenols is 1. The van der Waals surface area contributed by atoms with Gasteiger partial charge in [-0.2, -0.15) is 0 Å². The minimum atomic E-state index is 0.0769. The highest BCUT2D eigenvalue weighted by Gasteiger charge is 2.14. The predicted octanol–water partition coefficient (Wildman–Crippen LogP) is 5.67. The third-order valence-electron chi connectivity index (χ3n) is 2.27. The molecule has 1 nitrogen and oxygen atoms in total. The molecule has 2 aromatic carbocycles. The van der Waals surface area contributed by atoms with Gasteiger partial charge in [-0.3, -0.25) is 0 Å². The molecule has 17 heavy (non-hydrogen) atoms. The van der Waals surface area contributed by atoms with Gasteiger partial charge >= 0.3 is 0 Å². The van der Waals surface area contributed by atoms with Crippen molar-refractivity contribution >= 4 is 46.4 Å². The van der Waals surface area contributed by atoms with Gasteiger partial charge in [0.05, 0.1) is 20.1 Å². The van der Waals surface area contributed by atoms with Gasteiger partial charge in [-0.05, 0) is 30.3 Å². The minimum Gasteiger partial charge on any atom is -0.508 e. The van der Waals surface area contributed by atoms with Gasteiger partial charge in [0, 0.05) is 11.1 Å². The van der Waals surface area contributed by atoms with Crippen molar-refractivity contribution in [2.45, 2.75) is 0 Å². The maximum absolute atomic E-state index is 9.30. The molecule has 0 spiro atoms. The number of hydrogen-bond acceptors (Lipinski definition) is 1. The van der Waals surface area contributed by atoms with E-state index in [1.165, 1.54) is 12.1 Å². The largest absolute Gasteiger partial charge is 0.508 e. The Labute approximate surface area is 118 Å². The Balaban J connectivity index is 2.72. The molecule has 0 amide bonds. The molecule has 0 fully saturated rings. The molecule has 0 aliphatic rings. The molecule has 0 unspecified atom stereocenters. The molecule has 0 heterocycles. The van der Waals surface area contributed by atoms with Crippen LogP contribution < -0.4 is 0 Å². The normalized spacial score (nSPS) is 10.6. The molecule has 0 radical (unpaired) electrons. The fourth-order valence-corrected chi connectivity index (χ4v) is 2.48. The highest BCUT2D eigenvalue weighted by Crippen LogP contribution is 2.42. The van der Waals surface area contributed by atoms with Crippen LogP contribution in [-0.4, -0.2) is 5.11 Å². The molecule has 0 atom stereocenters. The first-order valence-electron chi connectivity index (χ1n) is 4.63. The summed E-state index contributed by atoms with van der Waals surface area (Å²) >= 11 is 24.2. The van der Waals surface area contributed by atoms with Crippen LogP contribution in [0.25, 0.3) is 11.1 Å². The van der Waals surface area contributed by atoms with Crippen molar-refractivity contribution in [2.75, 3.05) is 0 Å². The smallest absolute Gasteiger partial charge is 0.117 e. The quantitative estimate of drug-likeness (QED) is 0.673. The van der Waals surface area contributed by atoms with Crippen LogP contribution in [0.5, 0.6) is 5.75 Å². The summed E-state index contributed by atoms with van der Waals surface area (Å²) in [5.41, 5.74) is 1.19. The Morgan fingerprint density at radius 3 is 2.06 bits per heavy atom. The van der Waals surface area contributed by atoms with Gasteiger partial charge in [0.15, 0.2) is 0 Å². The number of aromatic hydroxyl groups is 1. The standard InChI is InChI=1S/C12H6Cl4O/c13-8-3-4-9(14)12(16)11(8)7-2-1-6(17)5-10(7)15/h1-5,17H. The van der Waals surface area contributed by atoms with Gasteiger partial charge in [-0.1, -0.05) is 46.4 Å². The third-order valence-corrected chi connectivity index (χ3v) is 3.70. The molecule has 2 rings (SSSR count). The van der Waals surface area contributed by atoms with E-state index in [1.807, 2.05) is 0 Å². The van der Waals surface area contributed by atoms with Gasteiger partial charge in [0.1, 0.15) is 5.75 Å². The van der Waals surface area contributed by atoms with E-state index < -0.39 is 0 Å². The van der Waals surface area contributed by atoms with Crippen molar-refractivity contribution in [3.63, 3.8) is 0 Å². The fraction of sp³-hybridized carbons (Fsp3) is 0. The van der Waals surface area contributed by atoms with E-state index in [-0.39, 0.29) is 5.75 Å². The number of hydrogen-bond donors (Lipinski definition) is 1. The lowest BCUT2D eigenvalue weighted by Gasteiger charge is -2.10. The molecule has 0 saturated carbocycles. The van der Waals surface area contributed by atoms with Crippen LogP contribution in [0.4, 0.5) is 0 Å². The van der Waals surface area contributed by atoms with E-state index in [1.54, 1.807) is 18.2 Å². The maximum Gasteiger partial charge on any atom is 0.117 e. The lowest BCUT2D eigenvalue weighted by atomic mass is 10.1. The van der Waals surface area contributed by atoms with E-state index in [0.29, 0.717) is 31.2 Å². The van der Waals surface area contributed by atoms with Crippen LogP contribution in [0.1, 0.15) is 0 Å². The van der Waals surface area contributed by atoms with Crippen molar-refractivity contribution < 1.29 is 5.11 Å². The summed E-state index contributed by atoms with van der Waals surface area (Å²) in [5.74, 6) is 0.0769. The minimum absolute atomic E-state index is 0.0769. The highest BCUT2D eigenvalue weighted by atomic mass is 35.5. The molecule has 1 N–H and O–H groups in total. The predicted molar refractivity (Wildman–Crippen MR) is 73.6 cm³/mol. The van der Waals surface area contributed by atoms with Crippen LogP contribution in [0.15, 0.2) is 30.3 Å². The summed E-state index contributed by atoms with van der Waals surface area (Å²) in [5, 5.41) is 10.8. The van der Waals surface area contributed by atoms with Crippen molar-refractivity contribution in [2.24, 2.45) is 0 Å². The Morgan fingerprint density at radius 1 is 0.765 bits per heavy atom. The van der Waals surface area contributed by atoms with Crippen LogP contribution in [0, 0.1) is 0 Å². The van der Waals surface area contributed by atoms with Gasteiger partial charge < -0.3 is 5.11 Å². The topological polar surface area (TPSA) is 20.2 Å². The fourth-order valence-electron chi connectivity index (χ4n) is 1.48. The van der Waals surface area contributed by atoms with Gasteiger partial charge in [0.25, 0.3) is 0 Å². The van der Waals surface area contributed by atoms with E-state index >= 15 is 0 Å². The van der Waals surface area contributed by atoms with Gasteiger partial charge in [0.2, 0.25) is 0 Å². The summed E-state index contributed by atoms with van der Waals surface area (Å²) < 4.78 is 0. The summed E-state index contributed by atoms with van der Waals surface area (Å²) in [4.78, 5) is 0. The van der Waals surface area contributed by atoms with Crippen molar-refractivity contribution in [1.29, 1.82) is 0 Å². The zero-order valence-electron chi connectivity index (χ0n) is 8.35. The first-order valence-corrected chi connectivity index (χ1v) is 6.14. The number of phenolic OH excluding ortho intramolecular Hbond substituents is 1. The summed E-state index contributed by atoms with van der Waals surface area (Å²) in [6.45, 7) is 0. The molecule has 5 heteroatoms. The highest BCUT2D eigenvalue weighted by molar-refractivity contribution is 6.46. The van der Waals surface area contributed by atoms with Crippen LogP contribution in [0.2, 0.25) is 20.1 Å². The Morgan fingerprint density at radius 2 is 1.41 bits per heavy atom. The zero-order chi connectivity index (χ0) is 12.6. The number of benzene rings is 2. The molecule has 0 aromatic heterocycles. The van der Waals surface area contributed by atoms with Crippen LogP contribution in [-0.2, 0) is 0 Å². The van der Waals surface area contributed by atoms with Gasteiger partial charge in [-0.25, -0.2) is 0 Å². The Bertz CT molecular complexity index is 581. The molecule has 0 aliphatic carbocycles. The Kier molecular flexibility index (Phi) is 3.74. The molecule has 88 valence electrons. The third kappa shape index (κ3) is 2.48. The average Bonchev–Trinajstić information content (AvgIpc) is 2.27. The molecule has 2 aromatic rings. The van der Waals surface area contributed by atoms with E-state index in [2.05, 4.69) is 0 Å². The maximum atomic E-state index is 9.30. The van der Waals surface area contributed by atoms with E-state index in [9.17, 15) is 5.11 Å². The lowest BCUT2D eigenvalue weighted by molar-refractivity contribution is 0.475. The molecule has 0 aliphatic heterocycles. The Hall–Kier alpha value is -0.600. The van der Waals surface area contributed by atoms with Crippen LogP contribution in [0.3, 0.4) is 0 Å². The number of rotatable bonds is 1. The molecular weight excluding hydrogens is 302 g/mol. The second-order valence-corrected chi connectivity index (χ2v) is 4.98. The number of halogens is 4. The first kappa shape index (κ1) is 12.8. The molecule has 0 saturated heterocycles. The van der Waals surface area contributed by atoms with Crippen molar-refractivity contribution in [3.8, 4) is 16.9 Å². The second-order valence-electron chi connectivity index (χ2n) is 3.38. The van der Waals surface area contributed by atoms with Crippen molar-refractivity contribution in [1.82, 2.24) is 0 Å². The first-order chi connectivity index (χ1) is 8.00.